The van der Waals surface area contributed by atoms with E-state index in [4.69, 9.17) is 4.74 Å². The fourth-order valence-electron chi connectivity index (χ4n) is 2.84. The maximum Gasteiger partial charge on any atom is 0.0469 e. The van der Waals surface area contributed by atoms with Crippen LogP contribution in [0.15, 0.2) is 0 Å². The fraction of sp³-hybridized carbons (Fsp3) is 1.00. The molecule has 1 N–H and O–H groups in total. The largest absolute Gasteiger partial charge is 0.381 e. The first-order valence-electron chi connectivity index (χ1n) is 6.84. The second kappa shape index (κ2) is 6.58. The Morgan fingerprint density at radius 1 is 1.25 bits per heavy atom. The summed E-state index contributed by atoms with van der Waals surface area (Å²) < 4.78 is 5.39. The van der Waals surface area contributed by atoms with Gasteiger partial charge in [0.15, 0.2) is 0 Å². The molecule has 2 saturated heterocycles. The molecule has 0 radical (unpaired) electrons. The van der Waals surface area contributed by atoms with Gasteiger partial charge in [-0.2, -0.15) is 0 Å². The minimum Gasteiger partial charge on any atom is -0.381 e. The van der Waals surface area contributed by atoms with Crippen LogP contribution >= 0.6 is 0 Å². The Kier molecular flexibility index (Phi) is 5.07. The number of nitrogens with one attached hydrogen (secondary N) is 1. The summed E-state index contributed by atoms with van der Waals surface area (Å²) in [5.41, 5.74) is 0. The predicted octanol–water partition coefficient (Wildman–Crippen LogP) is 1.49. The predicted molar refractivity (Wildman–Crippen MR) is 66.7 cm³/mol. The highest BCUT2D eigenvalue weighted by Crippen LogP contribution is 2.16. The van der Waals surface area contributed by atoms with E-state index in [9.17, 15) is 0 Å². The van der Waals surface area contributed by atoms with Crippen LogP contribution in [0.2, 0.25) is 0 Å². The molecule has 2 aliphatic heterocycles. The second-order valence-electron chi connectivity index (χ2n) is 5.40. The third-order valence-electron chi connectivity index (χ3n) is 3.93. The molecule has 0 bridgehead atoms. The van der Waals surface area contributed by atoms with Crippen molar-refractivity contribution in [2.75, 3.05) is 39.9 Å². The van der Waals surface area contributed by atoms with Gasteiger partial charge in [-0.1, -0.05) is 0 Å². The van der Waals surface area contributed by atoms with Gasteiger partial charge < -0.3 is 15.0 Å². The van der Waals surface area contributed by atoms with Crippen LogP contribution in [0.1, 0.15) is 32.1 Å². The van der Waals surface area contributed by atoms with E-state index in [0.717, 1.165) is 25.2 Å². The summed E-state index contributed by atoms with van der Waals surface area (Å²) in [4.78, 5) is 2.51. The van der Waals surface area contributed by atoms with Crippen molar-refractivity contribution in [3.8, 4) is 0 Å². The van der Waals surface area contributed by atoms with Gasteiger partial charge in [0.1, 0.15) is 0 Å². The lowest BCUT2D eigenvalue weighted by atomic mass is 10.00. The molecule has 0 aromatic carbocycles. The maximum absolute atomic E-state index is 5.39. The van der Waals surface area contributed by atoms with Crippen molar-refractivity contribution >= 4 is 0 Å². The smallest absolute Gasteiger partial charge is 0.0469 e. The highest BCUT2D eigenvalue weighted by Gasteiger charge is 2.17. The second-order valence-corrected chi connectivity index (χ2v) is 5.40. The quantitative estimate of drug-likeness (QED) is 0.768. The van der Waals surface area contributed by atoms with Crippen LogP contribution in [0.3, 0.4) is 0 Å². The summed E-state index contributed by atoms with van der Waals surface area (Å²) in [6.45, 7) is 5.69. The van der Waals surface area contributed by atoms with Crippen LogP contribution in [0.5, 0.6) is 0 Å². The van der Waals surface area contributed by atoms with Crippen LogP contribution in [-0.4, -0.2) is 50.8 Å². The SMILES string of the molecule is CN(CCC1CCCN1)CC1CCOCC1. The Bertz CT molecular complexity index is 186. The van der Waals surface area contributed by atoms with E-state index in [2.05, 4.69) is 17.3 Å². The van der Waals surface area contributed by atoms with Crippen LogP contribution in [0, 0.1) is 5.92 Å². The van der Waals surface area contributed by atoms with Gasteiger partial charge in [0.05, 0.1) is 0 Å². The molecule has 0 aromatic heterocycles. The average Bonchev–Trinajstić information content (AvgIpc) is 2.81. The number of rotatable bonds is 5. The summed E-state index contributed by atoms with van der Waals surface area (Å²) in [5, 5.41) is 3.57. The van der Waals surface area contributed by atoms with Gasteiger partial charge in [0, 0.05) is 25.8 Å². The van der Waals surface area contributed by atoms with Crippen LogP contribution < -0.4 is 5.32 Å². The van der Waals surface area contributed by atoms with Crippen molar-refractivity contribution in [1.82, 2.24) is 10.2 Å². The molecule has 0 aliphatic carbocycles. The summed E-state index contributed by atoms with van der Waals surface area (Å²) in [6.07, 6.45) is 6.58. The zero-order chi connectivity index (χ0) is 11.2. The van der Waals surface area contributed by atoms with E-state index in [0.29, 0.717) is 0 Å². The molecule has 2 aliphatic rings. The molecule has 16 heavy (non-hydrogen) atoms. The fourth-order valence-corrected chi connectivity index (χ4v) is 2.84. The molecule has 2 fully saturated rings. The lowest BCUT2D eigenvalue weighted by molar-refractivity contribution is 0.0554. The van der Waals surface area contributed by atoms with Gasteiger partial charge in [0.2, 0.25) is 0 Å². The first kappa shape index (κ1) is 12.3. The van der Waals surface area contributed by atoms with Crippen LogP contribution in [-0.2, 0) is 4.74 Å². The standard InChI is InChI=1S/C13H26N2O/c1-15(8-4-13-3-2-7-14-13)11-12-5-9-16-10-6-12/h12-14H,2-11H2,1H3. The summed E-state index contributed by atoms with van der Waals surface area (Å²) in [7, 11) is 2.27. The number of nitrogens with zero attached hydrogens (tertiary/aromatic N) is 1. The van der Waals surface area contributed by atoms with Crippen molar-refractivity contribution in [2.45, 2.75) is 38.1 Å². The van der Waals surface area contributed by atoms with Crippen molar-refractivity contribution in [3.63, 3.8) is 0 Å². The Labute approximate surface area is 99.5 Å². The molecule has 3 heteroatoms. The summed E-state index contributed by atoms with van der Waals surface area (Å²) in [6, 6.07) is 0.789. The van der Waals surface area contributed by atoms with Crippen molar-refractivity contribution in [3.05, 3.63) is 0 Å². The lowest BCUT2D eigenvalue weighted by Gasteiger charge is -2.27. The Morgan fingerprint density at radius 2 is 2.06 bits per heavy atom. The van der Waals surface area contributed by atoms with Crippen molar-refractivity contribution < 1.29 is 4.74 Å². The van der Waals surface area contributed by atoms with E-state index < -0.39 is 0 Å². The number of hydrogen-bond acceptors (Lipinski definition) is 3. The van der Waals surface area contributed by atoms with E-state index in [-0.39, 0.29) is 0 Å². The van der Waals surface area contributed by atoms with Crippen molar-refractivity contribution in [2.24, 2.45) is 5.92 Å². The molecule has 94 valence electrons. The average molecular weight is 226 g/mol. The molecule has 1 unspecified atom stereocenters. The molecule has 2 rings (SSSR count). The van der Waals surface area contributed by atoms with Gasteiger partial charge >= 0.3 is 0 Å². The first-order valence-corrected chi connectivity index (χ1v) is 6.84. The molecule has 0 saturated carbocycles. The number of ether oxygens (including phenoxy) is 1. The normalized spacial score (nSPS) is 27.8. The van der Waals surface area contributed by atoms with Crippen molar-refractivity contribution in [1.29, 1.82) is 0 Å². The number of hydrogen-bond donors (Lipinski definition) is 1. The van der Waals surface area contributed by atoms with E-state index in [1.165, 1.54) is 51.7 Å². The van der Waals surface area contributed by atoms with E-state index in [1.54, 1.807) is 0 Å². The molecular formula is C13H26N2O. The van der Waals surface area contributed by atoms with E-state index >= 15 is 0 Å². The highest BCUT2D eigenvalue weighted by molar-refractivity contribution is 4.75. The van der Waals surface area contributed by atoms with Crippen LogP contribution in [0.4, 0.5) is 0 Å². The van der Waals surface area contributed by atoms with Gasteiger partial charge in [0.25, 0.3) is 0 Å². The third kappa shape index (κ3) is 4.04. The molecule has 1 atom stereocenters. The first-order chi connectivity index (χ1) is 7.84. The third-order valence-corrected chi connectivity index (χ3v) is 3.93. The van der Waals surface area contributed by atoms with Gasteiger partial charge in [-0.15, -0.1) is 0 Å². The van der Waals surface area contributed by atoms with Crippen LogP contribution in [0.25, 0.3) is 0 Å². The minimum absolute atomic E-state index is 0.789. The minimum atomic E-state index is 0.789. The zero-order valence-corrected chi connectivity index (χ0v) is 10.6. The van der Waals surface area contributed by atoms with E-state index in [1.807, 2.05) is 0 Å². The molecule has 0 amide bonds. The lowest BCUT2D eigenvalue weighted by Crippen LogP contribution is -2.33. The monoisotopic (exact) mass is 226 g/mol. The molecule has 0 spiro atoms. The van der Waals surface area contributed by atoms with Gasteiger partial charge in [-0.05, 0) is 58.2 Å². The highest BCUT2D eigenvalue weighted by atomic mass is 16.5. The van der Waals surface area contributed by atoms with Gasteiger partial charge in [-0.3, -0.25) is 0 Å². The zero-order valence-electron chi connectivity index (χ0n) is 10.6. The topological polar surface area (TPSA) is 24.5 Å². The van der Waals surface area contributed by atoms with Gasteiger partial charge in [-0.25, -0.2) is 0 Å². The Hall–Kier alpha value is -0.120. The summed E-state index contributed by atoms with van der Waals surface area (Å²) in [5.74, 6) is 0.871. The molecule has 0 aromatic rings. The summed E-state index contributed by atoms with van der Waals surface area (Å²) >= 11 is 0. The maximum atomic E-state index is 5.39. The molecule has 3 nitrogen and oxygen atoms in total. The Balaban J connectivity index is 1.57. The Morgan fingerprint density at radius 3 is 2.75 bits per heavy atom. The molecular weight excluding hydrogens is 200 g/mol. The molecule has 2 heterocycles.